The Kier molecular flexibility index (Phi) is 4.31. The molecule has 0 saturated carbocycles. The summed E-state index contributed by atoms with van der Waals surface area (Å²) >= 11 is 0. The van der Waals surface area contributed by atoms with Crippen LogP contribution in [0.5, 0.6) is 5.75 Å². The molecule has 4 heteroatoms. The minimum atomic E-state index is -1.04. The second-order valence-electron chi connectivity index (χ2n) is 3.82. The molecule has 1 rings (SSSR count). The molecule has 16 heavy (non-hydrogen) atoms. The van der Waals surface area contributed by atoms with Crippen molar-refractivity contribution in [2.75, 3.05) is 0 Å². The molecule has 0 fully saturated rings. The summed E-state index contributed by atoms with van der Waals surface area (Å²) in [7, 11) is 0. The number of ether oxygens (including phenoxy) is 1. The van der Waals surface area contributed by atoms with Gasteiger partial charge in [0.2, 0.25) is 0 Å². The second kappa shape index (κ2) is 5.51. The zero-order chi connectivity index (χ0) is 12.1. The smallest absolute Gasteiger partial charge is 0.306 e. The number of hydrogen-bond donors (Lipinski definition) is 2. The van der Waals surface area contributed by atoms with E-state index in [0.29, 0.717) is 11.3 Å². The number of aliphatic hydroxyl groups excluding tert-OH is 1. The number of aliphatic hydroxyl groups is 1. The Balaban J connectivity index is 2.89. The molecule has 2 N–H and O–H groups in total. The highest BCUT2D eigenvalue weighted by atomic mass is 16.5. The minimum Gasteiger partial charge on any atom is -0.491 e. The number of benzene rings is 1. The van der Waals surface area contributed by atoms with Gasteiger partial charge < -0.3 is 14.9 Å². The molecule has 0 radical (unpaired) electrons. The Labute approximate surface area is 94.5 Å². The van der Waals surface area contributed by atoms with Crippen molar-refractivity contribution >= 4 is 5.97 Å². The summed E-state index contributed by atoms with van der Waals surface area (Å²) in [5.74, 6) is -0.502. The van der Waals surface area contributed by atoms with Crippen LogP contribution in [0.1, 0.15) is 31.9 Å². The fourth-order valence-corrected chi connectivity index (χ4v) is 1.39. The molecule has 0 heterocycles. The van der Waals surface area contributed by atoms with E-state index in [1.165, 1.54) is 0 Å². The van der Waals surface area contributed by atoms with E-state index < -0.39 is 12.1 Å². The molecule has 1 aromatic rings. The highest BCUT2D eigenvalue weighted by molar-refractivity contribution is 5.67. The Morgan fingerprint density at radius 1 is 1.38 bits per heavy atom. The number of para-hydroxylation sites is 1. The second-order valence-corrected chi connectivity index (χ2v) is 3.82. The lowest BCUT2D eigenvalue weighted by Gasteiger charge is -2.16. The van der Waals surface area contributed by atoms with E-state index in [0.717, 1.165) is 0 Å². The van der Waals surface area contributed by atoms with Crippen LogP contribution in [-0.4, -0.2) is 22.3 Å². The number of rotatable bonds is 5. The summed E-state index contributed by atoms with van der Waals surface area (Å²) < 4.78 is 5.50. The van der Waals surface area contributed by atoms with Gasteiger partial charge in [-0.1, -0.05) is 18.2 Å². The third kappa shape index (κ3) is 3.55. The average Bonchev–Trinajstić information content (AvgIpc) is 2.16. The van der Waals surface area contributed by atoms with Crippen molar-refractivity contribution in [3.8, 4) is 5.75 Å². The van der Waals surface area contributed by atoms with Crippen LogP contribution >= 0.6 is 0 Å². The fourth-order valence-electron chi connectivity index (χ4n) is 1.39. The Hall–Kier alpha value is -1.55. The fraction of sp³-hybridized carbons (Fsp3) is 0.417. The first-order valence-corrected chi connectivity index (χ1v) is 5.16. The van der Waals surface area contributed by atoms with Crippen molar-refractivity contribution in [1.82, 2.24) is 0 Å². The summed E-state index contributed by atoms with van der Waals surface area (Å²) in [5, 5.41) is 18.3. The van der Waals surface area contributed by atoms with Gasteiger partial charge in [-0.2, -0.15) is 0 Å². The van der Waals surface area contributed by atoms with Gasteiger partial charge >= 0.3 is 5.97 Å². The van der Waals surface area contributed by atoms with E-state index in [-0.39, 0.29) is 12.5 Å². The lowest BCUT2D eigenvalue weighted by molar-refractivity contribution is -0.139. The maximum atomic E-state index is 10.5. The highest BCUT2D eigenvalue weighted by Crippen LogP contribution is 2.27. The maximum absolute atomic E-state index is 10.5. The molecular formula is C12H16O4. The minimum absolute atomic E-state index is 0.0156. The van der Waals surface area contributed by atoms with Crippen LogP contribution < -0.4 is 4.74 Å². The standard InChI is InChI=1S/C12H16O4/c1-8(2)16-11-6-4-3-5-9(11)10(13)7-12(14)15/h3-6,8,10,13H,7H2,1-2H3,(H,14,15). The van der Waals surface area contributed by atoms with Crippen molar-refractivity contribution in [1.29, 1.82) is 0 Å². The van der Waals surface area contributed by atoms with Gasteiger partial charge in [0.15, 0.2) is 0 Å². The Morgan fingerprint density at radius 3 is 2.56 bits per heavy atom. The van der Waals surface area contributed by atoms with Gasteiger partial charge in [0, 0.05) is 5.56 Å². The predicted octanol–water partition coefficient (Wildman–Crippen LogP) is 1.98. The molecule has 0 bridgehead atoms. The quantitative estimate of drug-likeness (QED) is 0.802. The van der Waals surface area contributed by atoms with E-state index in [1.807, 2.05) is 13.8 Å². The topological polar surface area (TPSA) is 66.8 Å². The van der Waals surface area contributed by atoms with E-state index in [4.69, 9.17) is 9.84 Å². The summed E-state index contributed by atoms with van der Waals surface area (Å²) in [5.41, 5.74) is 0.513. The van der Waals surface area contributed by atoms with Crippen molar-refractivity contribution in [3.63, 3.8) is 0 Å². The third-order valence-electron chi connectivity index (χ3n) is 2.01. The van der Waals surface area contributed by atoms with Crippen LogP contribution in [0.3, 0.4) is 0 Å². The van der Waals surface area contributed by atoms with Gasteiger partial charge in [0.1, 0.15) is 5.75 Å². The van der Waals surface area contributed by atoms with Crippen LogP contribution in [0.15, 0.2) is 24.3 Å². The van der Waals surface area contributed by atoms with Crippen LogP contribution in [0.25, 0.3) is 0 Å². The van der Waals surface area contributed by atoms with Gasteiger partial charge in [-0.3, -0.25) is 4.79 Å². The lowest BCUT2D eigenvalue weighted by atomic mass is 10.1. The molecule has 1 unspecified atom stereocenters. The van der Waals surface area contributed by atoms with E-state index in [9.17, 15) is 9.90 Å². The van der Waals surface area contributed by atoms with Crippen molar-refractivity contribution in [3.05, 3.63) is 29.8 Å². The van der Waals surface area contributed by atoms with Gasteiger partial charge in [-0.15, -0.1) is 0 Å². The molecule has 1 atom stereocenters. The maximum Gasteiger partial charge on any atom is 0.306 e. The lowest BCUT2D eigenvalue weighted by Crippen LogP contribution is -2.11. The Morgan fingerprint density at radius 2 is 2.00 bits per heavy atom. The van der Waals surface area contributed by atoms with Gasteiger partial charge in [0.25, 0.3) is 0 Å². The third-order valence-corrected chi connectivity index (χ3v) is 2.01. The zero-order valence-electron chi connectivity index (χ0n) is 9.38. The molecule has 0 aliphatic heterocycles. The van der Waals surface area contributed by atoms with Crippen LogP contribution in [0, 0.1) is 0 Å². The molecule has 0 aliphatic rings. The van der Waals surface area contributed by atoms with E-state index in [2.05, 4.69) is 0 Å². The van der Waals surface area contributed by atoms with Crippen molar-refractivity contribution in [2.45, 2.75) is 32.5 Å². The summed E-state index contributed by atoms with van der Waals surface area (Å²) in [4.78, 5) is 10.5. The van der Waals surface area contributed by atoms with Crippen molar-refractivity contribution < 1.29 is 19.7 Å². The molecule has 4 nitrogen and oxygen atoms in total. The largest absolute Gasteiger partial charge is 0.491 e. The summed E-state index contributed by atoms with van der Waals surface area (Å²) in [6.07, 6.45) is -1.37. The Bertz CT molecular complexity index is 360. The van der Waals surface area contributed by atoms with Crippen molar-refractivity contribution in [2.24, 2.45) is 0 Å². The first-order chi connectivity index (χ1) is 7.50. The first-order valence-electron chi connectivity index (χ1n) is 5.16. The van der Waals surface area contributed by atoms with Crippen LogP contribution in [0.2, 0.25) is 0 Å². The summed E-state index contributed by atoms with van der Waals surface area (Å²) in [6, 6.07) is 6.92. The van der Waals surface area contributed by atoms with E-state index in [1.54, 1.807) is 24.3 Å². The number of carboxylic acid groups (broad SMARTS) is 1. The molecule has 0 aliphatic carbocycles. The number of carboxylic acids is 1. The molecule has 88 valence electrons. The molecule has 1 aromatic carbocycles. The first kappa shape index (κ1) is 12.5. The molecule has 0 aromatic heterocycles. The normalized spacial score (nSPS) is 12.5. The highest BCUT2D eigenvalue weighted by Gasteiger charge is 2.16. The summed E-state index contributed by atoms with van der Waals surface area (Å²) in [6.45, 7) is 3.75. The van der Waals surface area contributed by atoms with Gasteiger partial charge in [-0.25, -0.2) is 0 Å². The van der Waals surface area contributed by atoms with Gasteiger partial charge in [-0.05, 0) is 19.9 Å². The monoisotopic (exact) mass is 224 g/mol. The van der Waals surface area contributed by atoms with E-state index >= 15 is 0 Å². The zero-order valence-corrected chi connectivity index (χ0v) is 9.38. The molecular weight excluding hydrogens is 208 g/mol. The SMILES string of the molecule is CC(C)Oc1ccccc1C(O)CC(=O)O. The average molecular weight is 224 g/mol. The number of aliphatic carboxylic acids is 1. The van der Waals surface area contributed by atoms with Gasteiger partial charge in [0.05, 0.1) is 18.6 Å². The number of carbonyl (C=O) groups is 1. The molecule has 0 saturated heterocycles. The van der Waals surface area contributed by atoms with Crippen LogP contribution in [0.4, 0.5) is 0 Å². The predicted molar refractivity (Wildman–Crippen MR) is 59.4 cm³/mol. The number of hydrogen-bond acceptors (Lipinski definition) is 3. The molecule has 0 spiro atoms. The molecule has 0 amide bonds. The van der Waals surface area contributed by atoms with Crippen LogP contribution in [-0.2, 0) is 4.79 Å².